The van der Waals surface area contributed by atoms with E-state index < -0.39 is 0 Å². The Morgan fingerprint density at radius 2 is 1.97 bits per heavy atom. The van der Waals surface area contributed by atoms with E-state index in [9.17, 15) is 4.79 Å². The quantitative estimate of drug-likeness (QED) is 0.677. The van der Waals surface area contributed by atoms with E-state index in [-0.39, 0.29) is 11.8 Å². The third-order valence-electron chi connectivity index (χ3n) is 5.75. The van der Waals surface area contributed by atoms with E-state index in [0.717, 1.165) is 69.2 Å². The van der Waals surface area contributed by atoms with Crippen molar-refractivity contribution in [2.45, 2.75) is 36.7 Å². The van der Waals surface area contributed by atoms with Crippen LogP contribution in [0.2, 0.25) is 5.02 Å². The van der Waals surface area contributed by atoms with Crippen LogP contribution in [0.1, 0.15) is 31.2 Å². The van der Waals surface area contributed by atoms with Crippen LogP contribution < -0.4 is 10.2 Å². The van der Waals surface area contributed by atoms with Crippen molar-refractivity contribution >= 4 is 40.8 Å². The second-order valence-corrected chi connectivity index (χ2v) is 9.63. The van der Waals surface area contributed by atoms with Crippen LogP contribution in [0, 0.1) is 5.92 Å². The number of carbonyl (C=O) groups is 1. The second kappa shape index (κ2) is 10.5. The van der Waals surface area contributed by atoms with Gasteiger partial charge in [0.05, 0.1) is 5.02 Å². The minimum Gasteiger partial charge on any atom is -0.381 e. The number of nitrogens with one attached hydrogen (secondary N) is 1. The second-order valence-electron chi connectivity index (χ2n) is 7.91. The van der Waals surface area contributed by atoms with Crippen LogP contribution in [0.25, 0.3) is 0 Å². The van der Waals surface area contributed by atoms with Crippen LogP contribution in [-0.4, -0.2) is 42.4 Å². The number of ether oxygens (including phenoxy) is 1. The summed E-state index contributed by atoms with van der Waals surface area (Å²) in [5.41, 5.74) is 2.15. The minimum atomic E-state index is 0.0359. The first-order chi connectivity index (χ1) is 14.7. The van der Waals surface area contributed by atoms with Gasteiger partial charge in [-0.1, -0.05) is 23.7 Å². The molecule has 1 N–H and O–H groups in total. The van der Waals surface area contributed by atoms with Gasteiger partial charge >= 0.3 is 0 Å². The van der Waals surface area contributed by atoms with Crippen molar-refractivity contribution < 1.29 is 9.53 Å². The van der Waals surface area contributed by atoms with E-state index in [0.29, 0.717) is 10.3 Å². The van der Waals surface area contributed by atoms with Gasteiger partial charge in [-0.3, -0.25) is 4.79 Å². The highest BCUT2D eigenvalue weighted by Gasteiger charge is 2.25. The molecule has 0 aliphatic carbocycles. The molecule has 0 saturated carbocycles. The molecule has 0 atom stereocenters. The number of halogens is 1. The topological polar surface area (TPSA) is 54.5 Å². The van der Waals surface area contributed by atoms with E-state index in [1.165, 1.54) is 5.56 Å². The van der Waals surface area contributed by atoms with E-state index >= 15 is 0 Å². The standard InChI is InChI=1S/C23H28ClN3O2S/c24-19-4-5-22(25-15-19)27-10-6-18(7-11-27)23(28)26-20-3-1-2-17(14-20)16-30-21-8-12-29-13-9-21/h1-5,14-15,18,21H,6-13,16H2,(H,26,28). The van der Waals surface area contributed by atoms with E-state index in [2.05, 4.69) is 27.3 Å². The zero-order valence-electron chi connectivity index (χ0n) is 17.1. The fourth-order valence-corrected chi connectivity index (χ4v) is 5.21. The molecule has 2 aromatic rings. The Morgan fingerprint density at radius 1 is 1.17 bits per heavy atom. The van der Waals surface area contributed by atoms with Crippen molar-refractivity contribution in [3.63, 3.8) is 0 Å². The maximum atomic E-state index is 12.8. The molecule has 0 radical (unpaired) electrons. The van der Waals surface area contributed by atoms with Crippen molar-refractivity contribution in [1.82, 2.24) is 4.98 Å². The largest absolute Gasteiger partial charge is 0.381 e. The first-order valence-corrected chi connectivity index (χ1v) is 12.1. The van der Waals surface area contributed by atoms with Gasteiger partial charge in [-0.15, -0.1) is 0 Å². The number of nitrogens with zero attached hydrogens (tertiary/aromatic N) is 2. The number of pyridine rings is 1. The molecule has 2 aliphatic heterocycles. The summed E-state index contributed by atoms with van der Waals surface area (Å²) in [5.74, 6) is 2.05. The Bertz CT molecular complexity index is 835. The number of benzene rings is 1. The molecule has 2 fully saturated rings. The number of rotatable bonds is 6. The number of carbonyl (C=O) groups excluding carboxylic acids is 1. The number of amides is 1. The lowest BCUT2D eigenvalue weighted by molar-refractivity contribution is -0.120. The highest BCUT2D eigenvalue weighted by atomic mass is 35.5. The monoisotopic (exact) mass is 445 g/mol. The average molecular weight is 446 g/mol. The lowest BCUT2D eigenvalue weighted by Gasteiger charge is -2.32. The Balaban J connectivity index is 1.26. The van der Waals surface area contributed by atoms with Gasteiger partial charge < -0.3 is 15.0 Å². The van der Waals surface area contributed by atoms with Crippen molar-refractivity contribution in [3.8, 4) is 0 Å². The molecule has 30 heavy (non-hydrogen) atoms. The molecule has 1 amide bonds. The molecular formula is C23H28ClN3O2S. The van der Waals surface area contributed by atoms with Crippen LogP contribution in [0.5, 0.6) is 0 Å². The first kappa shape index (κ1) is 21.5. The van der Waals surface area contributed by atoms with Crippen LogP contribution >= 0.6 is 23.4 Å². The third kappa shape index (κ3) is 5.90. The van der Waals surface area contributed by atoms with E-state index in [1.807, 2.05) is 36.0 Å². The summed E-state index contributed by atoms with van der Waals surface area (Å²) in [4.78, 5) is 19.4. The molecule has 2 saturated heterocycles. The summed E-state index contributed by atoms with van der Waals surface area (Å²) in [6.45, 7) is 3.41. The summed E-state index contributed by atoms with van der Waals surface area (Å²) in [7, 11) is 0. The lowest BCUT2D eigenvalue weighted by atomic mass is 9.95. The SMILES string of the molecule is O=C(Nc1cccc(CSC2CCOCC2)c1)C1CCN(c2ccc(Cl)cn2)CC1. The van der Waals surface area contributed by atoms with Crippen molar-refractivity contribution in [2.75, 3.05) is 36.5 Å². The Morgan fingerprint density at radius 3 is 2.70 bits per heavy atom. The number of aromatic nitrogens is 1. The molecule has 2 aliphatic rings. The van der Waals surface area contributed by atoms with E-state index in [1.54, 1.807) is 6.20 Å². The predicted octanol–water partition coefficient (Wildman–Crippen LogP) is 5.00. The highest BCUT2D eigenvalue weighted by molar-refractivity contribution is 7.99. The molecule has 5 nitrogen and oxygen atoms in total. The van der Waals surface area contributed by atoms with Crippen LogP contribution in [0.15, 0.2) is 42.6 Å². The maximum absolute atomic E-state index is 12.8. The van der Waals surface area contributed by atoms with Crippen LogP contribution in [-0.2, 0) is 15.3 Å². The van der Waals surface area contributed by atoms with Gasteiger partial charge in [0.1, 0.15) is 5.82 Å². The molecule has 4 rings (SSSR count). The van der Waals surface area contributed by atoms with Gasteiger partial charge in [0.15, 0.2) is 0 Å². The summed E-state index contributed by atoms with van der Waals surface area (Å²) < 4.78 is 5.44. The maximum Gasteiger partial charge on any atom is 0.227 e. The predicted molar refractivity (Wildman–Crippen MR) is 124 cm³/mol. The molecular weight excluding hydrogens is 418 g/mol. The smallest absolute Gasteiger partial charge is 0.227 e. The molecule has 160 valence electrons. The van der Waals surface area contributed by atoms with Crippen LogP contribution in [0.4, 0.5) is 11.5 Å². The number of hydrogen-bond donors (Lipinski definition) is 1. The number of anilines is 2. The summed E-state index contributed by atoms with van der Waals surface area (Å²) in [6, 6.07) is 12.1. The molecule has 1 aromatic carbocycles. The van der Waals surface area contributed by atoms with Gasteiger partial charge in [-0.2, -0.15) is 11.8 Å². The van der Waals surface area contributed by atoms with Crippen molar-refractivity contribution in [3.05, 3.63) is 53.2 Å². The normalized spacial score (nSPS) is 18.4. The van der Waals surface area contributed by atoms with E-state index in [4.69, 9.17) is 16.3 Å². The Kier molecular flexibility index (Phi) is 7.52. The Labute approximate surface area is 187 Å². The van der Waals surface area contributed by atoms with Gasteiger partial charge in [0.2, 0.25) is 5.91 Å². The van der Waals surface area contributed by atoms with Crippen LogP contribution in [0.3, 0.4) is 0 Å². The number of piperidine rings is 1. The number of hydrogen-bond acceptors (Lipinski definition) is 5. The fraction of sp³-hybridized carbons (Fsp3) is 0.478. The average Bonchev–Trinajstić information content (AvgIpc) is 2.79. The zero-order valence-corrected chi connectivity index (χ0v) is 18.6. The van der Waals surface area contributed by atoms with Gasteiger partial charge in [0.25, 0.3) is 0 Å². The van der Waals surface area contributed by atoms with Crippen molar-refractivity contribution in [2.24, 2.45) is 5.92 Å². The molecule has 7 heteroatoms. The molecule has 0 bridgehead atoms. The molecule has 1 aromatic heterocycles. The molecule has 0 unspecified atom stereocenters. The van der Waals surface area contributed by atoms with Gasteiger partial charge in [0, 0.05) is 55.1 Å². The summed E-state index contributed by atoms with van der Waals surface area (Å²) in [5, 5.41) is 4.45. The number of thioether (sulfide) groups is 1. The van der Waals surface area contributed by atoms with Crippen molar-refractivity contribution in [1.29, 1.82) is 0 Å². The first-order valence-electron chi connectivity index (χ1n) is 10.6. The molecule has 3 heterocycles. The van der Waals surface area contributed by atoms with Gasteiger partial charge in [-0.25, -0.2) is 4.98 Å². The third-order valence-corrected chi connectivity index (χ3v) is 7.42. The Hall–Kier alpha value is -1.76. The summed E-state index contributed by atoms with van der Waals surface area (Å²) in [6.07, 6.45) is 5.59. The molecule has 0 spiro atoms. The highest BCUT2D eigenvalue weighted by Crippen LogP contribution is 2.27. The minimum absolute atomic E-state index is 0.0359. The zero-order chi connectivity index (χ0) is 20.8. The lowest BCUT2D eigenvalue weighted by Crippen LogP contribution is -2.38. The summed E-state index contributed by atoms with van der Waals surface area (Å²) >= 11 is 7.92. The fourth-order valence-electron chi connectivity index (χ4n) is 3.97. The van der Waals surface area contributed by atoms with Gasteiger partial charge in [-0.05, 0) is 55.5 Å².